The van der Waals surface area contributed by atoms with Crippen LogP contribution in [0, 0.1) is 16.7 Å². The molecule has 2 amide bonds. The summed E-state index contributed by atoms with van der Waals surface area (Å²) in [5, 5.41) is 13.4. The van der Waals surface area contributed by atoms with Crippen molar-refractivity contribution >= 4 is 46.5 Å². The standard InChI is InChI=1S/C48H56N8O6/c1-47(2)40(45(59)61-55-41-34(8-4-12-38(41)43(49)57)28-53(55)36-18-14-30(15-19-36)32-10-6-24-51-26-32)22-23-48(47,3)46(60)62-56-42-35(9-5-13-39(42)44(50)58)29-54(56)37-20-16-31(17-21-37)33-11-7-25-52-27-33/h4-5,8-9,12-21,32-33,40,51-52H,6-7,10-11,22-29H2,1-3H3,(H2,49,57)(H2,50,58)/t32-,33-,40+,48-/m1/s1. The van der Waals surface area contributed by atoms with Gasteiger partial charge in [0.2, 0.25) is 0 Å². The SMILES string of the molecule is CC1(C)[C@H](C(=O)ON2c3c(cccc3C(N)=O)CN2c2ccc([C@@H]3CCCNC3)cc2)CC[C@]1(C)C(=O)ON1c2c(cccc2C(N)=O)CN1c1ccc([C@@H]2CCCNC2)cc1. The maximum Gasteiger partial charge on any atom is 0.341 e. The van der Waals surface area contributed by atoms with E-state index in [0.717, 1.165) is 74.4 Å². The lowest BCUT2D eigenvalue weighted by Gasteiger charge is -2.41. The van der Waals surface area contributed by atoms with E-state index in [0.29, 0.717) is 49.1 Å². The van der Waals surface area contributed by atoms with Gasteiger partial charge in [-0.3, -0.25) is 9.59 Å². The number of rotatable bonds is 10. The lowest BCUT2D eigenvalue weighted by molar-refractivity contribution is -0.167. The van der Waals surface area contributed by atoms with Gasteiger partial charge in [-0.15, -0.1) is 10.3 Å². The van der Waals surface area contributed by atoms with Gasteiger partial charge >= 0.3 is 11.9 Å². The highest BCUT2D eigenvalue weighted by atomic mass is 16.8. The Labute approximate surface area is 362 Å². The lowest BCUT2D eigenvalue weighted by Crippen LogP contribution is -2.49. The van der Waals surface area contributed by atoms with Gasteiger partial charge in [-0.2, -0.15) is 0 Å². The third-order valence-electron chi connectivity index (χ3n) is 14.5. The van der Waals surface area contributed by atoms with Crippen molar-refractivity contribution in [3.63, 3.8) is 0 Å². The molecule has 0 aromatic heterocycles. The molecule has 3 fully saturated rings. The van der Waals surface area contributed by atoms with Crippen LogP contribution in [-0.4, -0.2) is 49.9 Å². The first-order chi connectivity index (χ1) is 29.9. The average Bonchev–Trinajstić information content (AvgIpc) is 3.92. The number of benzene rings is 4. The largest absolute Gasteiger partial charge is 0.366 e. The number of nitrogens with zero attached hydrogens (tertiary/aromatic N) is 4. The van der Waals surface area contributed by atoms with Gasteiger partial charge in [-0.05, 0) is 123 Å². The molecule has 4 heterocycles. The van der Waals surface area contributed by atoms with Crippen LogP contribution >= 0.6 is 0 Å². The molecule has 1 saturated carbocycles. The molecule has 9 rings (SSSR count). The van der Waals surface area contributed by atoms with Gasteiger partial charge in [0, 0.05) is 24.2 Å². The van der Waals surface area contributed by atoms with E-state index in [1.165, 1.54) is 21.5 Å². The molecule has 1 aliphatic carbocycles. The summed E-state index contributed by atoms with van der Waals surface area (Å²) in [5.41, 5.74) is 16.5. The lowest BCUT2D eigenvalue weighted by atomic mass is 9.66. The first-order valence-electron chi connectivity index (χ1n) is 21.9. The molecule has 4 atom stereocenters. The minimum absolute atomic E-state index is 0.228. The van der Waals surface area contributed by atoms with Crippen molar-refractivity contribution in [2.75, 3.05) is 46.5 Å². The zero-order valence-electron chi connectivity index (χ0n) is 35.7. The molecule has 14 heteroatoms. The van der Waals surface area contributed by atoms with Crippen molar-refractivity contribution in [3.8, 4) is 0 Å². The molecule has 0 unspecified atom stereocenters. The number of anilines is 4. The quantitative estimate of drug-likeness (QED) is 0.139. The third-order valence-corrected chi connectivity index (χ3v) is 14.5. The van der Waals surface area contributed by atoms with E-state index in [4.69, 9.17) is 21.1 Å². The fourth-order valence-corrected chi connectivity index (χ4v) is 10.3. The number of nitrogens with one attached hydrogen (secondary N) is 2. The molecule has 4 aliphatic heterocycles. The zero-order chi connectivity index (χ0) is 43.3. The van der Waals surface area contributed by atoms with Crippen LogP contribution in [0.1, 0.15) is 114 Å². The number of piperidine rings is 2. The molecule has 0 bridgehead atoms. The fraction of sp³-hybridized carbons (Fsp3) is 0.417. The van der Waals surface area contributed by atoms with E-state index in [9.17, 15) is 19.2 Å². The number of carbonyl (C=O) groups is 4. The maximum absolute atomic E-state index is 14.8. The molecule has 5 aliphatic rings. The van der Waals surface area contributed by atoms with Crippen LogP contribution in [0.15, 0.2) is 84.9 Å². The highest BCUT2D eigenvalue weighted by molar-refractivity contribution is 6.01. The Morgan fingerprint density at radius 2 is 1.10 bits per heavy atom. The van der Waals surface area contributed by atoms with Crippen LogP contribution < -0.4 is 42.5 Å². The summed E-state index contributed by atoms with van der Waals surface area (Å²) in [5.74, 6) is -2.30. The molecule has 4 aromatic carbocycles. The van der Waals surface area contributed by atoms with Crippen molar-refractivity contribution in [3.05, 3.63) is 118 Å². The van der Waals surface area contributed by atoms with Crippen molar-refractivity contribution in [1.82, 2.24) is 10.6 Å². The number of amides is 2. The van der Waals surface area contributed by atoms with Crippen molar-refractivity contribution in [2.45, 2.75) is 84.2 Å². The van der Waals surface area contributed by atoms with E-state index in [1.807, 2.05) is 67.2 Å². The third kappa shape index (κ3) is 7.18. The van der Waals surface area contributed by atoms with Gasteiger partial charge in [-0.25, -0.2) is 19.6 Å². The van der Waals surface area contributed by atoms with Crippen molar-refractivity contribution < 1.29 is 28.9 Å². The molecule has 4 aromatic rings. The molecule has 62 heavy (non-hydrogen) atoms. The van der Waals surface area contributed by atoms with Crippen LogP contribution in [0.25, 0.3) is 0 Å². The Bertz CT molecular complexity index is 2380. The van der Waals surface area contributed by atoms with Crippen molar-refractivity contribution in [2.24, 2.45) is 28.2 Å². The first kappa shape index (κ1) is 41.2. The van der Waals surface area contributed by atoms with E-state index in [2.05, 4.69) is 34.9 Å². The summed E-state index contributed by atoms with van der Waals surface area (Å²) in [6.07, 6.45) is 5.13. The van der Waals surface area contributed by atoms with Crippen molar-refractivity contribution in [1.29, 1.82) is 0 Å². The molecular weight excluding hydrogens is 785 g/mol. The van der Waals surface area contributed by atoms with Gasteiger partial charge in [0.25, 0.3) is 11.8 Å². The predicted octanol–water partition coefficient (Wildman–Crippen LogP) is 6.36. The summed E-state index contributed by atoms with van der Waals surface area (Å²) in [6, 6.07) is 27.1. The zero-order valence-corrected chi connectivity index (χ0v) is 35.7. The number of hydrazine groups is 2. The highest BCUT2D eigenvalue weighted by Gasteiger charge is 2.61. The summed E-state index contributed by atoms with van der Waals surface area (Å²) >= 11 is 0. The van der Waals surface area contributed by atoms with E-state index >= 15 is 0 Å². The van der Waals surface area contributed by atoms with Gasteiger partial charge in [0.05, 0.1) is 46.9 Å². The Balaban J connectivity index is 0.977. The summed E-state index contributed by atoms with van der Waals surface area (Å²) in [7, 11) is 0. The van der Waals surface area contributed by atoms with Crippen LogP contribution in [0.5, 0.6) is 0 Å². The van der Waals surface area contributed by atoms with Gasteiger partial charge in [0.15, 0.2) is 0 Å². The Kier molecular flexibility index (Phi) is 10.8. The first-order valence-corrected chi connectivity index (χ1v) is 21.9. The van der Waals surface area contributed by atoms with Crippen LogP contribution in [0.4, 0.5) is 22.7 Å². The van der Waals surface area contributed by atoms with Crippen LogP contribution in [0.2, 0.25) is 0 Å². The van der Waals surface area contributed by atoms with Crippen LogP contribution in [0.3, 0.4) is 0 Å². The molecule has 2 saturated heterocycles. The van der Waals surface area contributed by atoms with Gasteiger partial charge in [-0.1, -0.05) is 62.4 Å². The number of para-hydroxylation sites is 2. The van der Waals surface area contributed by atoms with Crippen LogP contribution in [-0.2, 0) is 32.4 Å². The van der Waals surface area contributed by atoms with E-state index in [1.54, 1.807) is 24.3 Å². The number of nitrogens with two attached hydrogens (primary N) is 2. The average molecular weight is 841 g/mol. The summed E-state index contributed by atoms with van der Waals surface area (Å²) in [6.45, 7) is 10.2. The Morgan fingerprint density at radius 3 is 1.53 bits per heavy atom. The minimum atomic E-state index is -1.17. The van der Waals surface area contributed by atoms with Gasteiger partial charge in [0.1, 0.15) is 11.4 Å². The predicted molar refractivity (Wildman–Crippen MR) is 237 cm³/mol. The fourth-order valence-electron chi connectivity index (χ4n) is 10.3. The van der Waals surface area contributed by atoms with E-state index < -0.39 is 40.5 Å². The number of hydrogen-bond acceptors (Lipinski definition) is 12. The molecule has 0 radical (unpaired) electrons. The highest BCUT2D eigenvalue weighted by Crippen LogP contribution is 2.58. The molecule has 0 spiro atoms. The summed E-state index contributed by atoms with van der Waals surface area (Å²) in [4.78, 5) is 67.8. The van der Waals surface area contributed by atoms with Gasteiger partial charge < -0.3 is 31.8 Å². The molecule has 324 valence electrons. The number of hydrogen-bond donors (Lipinski definition) is 4. The normalized spacial score (nSPS) is 24.1. The minimum Gasteiger partial charge on any atom is -0.366 e. The number of carbonyl (C=O) groups excluding carboxylic acids is 4. The Hall–Kier alpha value is -6.12. The second-order valence-corrected chi connectivity index (χ2v) is 18.2. The summed E-state index contributed by atoms with van der Waals surface area (Å²) < 4.78 is 0. The number of primary amides is 2. The molecular formula is C48H56N8O6. The topological polar surface area (TPSA) is 176 Å². The number of fused-ring (bicyclic) bond motifs is 2. The second kappa shape index (κ2) is 16.3. The maximum atomic E-state index is 14.8. The smallest absolute Gasteiger partial charge is 0.341 e. The van der Waals surface area contributed by atoms with E-state index in [-0.39, 0.29) is 11.1 Å². The molecule has 6 N–H and O–H groups in total. The molecule has 14 nitrogen and oxygen atoms in total. The monoisotopic (exact) mass is 840 g/mol. The second-order valence-electron chi connectivity index (χ2n) is 18.2. The Morgan fingerprint density at radius 1 is 0.629 bits per heavy atom.